The van der Waals surface area contributed by atoms with Crippen molar-refractivity contribution >= 4 is 17.7 Å². The molecule has 2 aliphatic carbocycles. The molecule has 1 saturated heterocycles. The van der Waals surface area contributed by atoms with Gasteiger partial charge in [0, 0.05) is 0 Å². The van der Waals surface area contributed by atoms with E-state index in [1.165, 1.54) is 0 Å². The van der Waals surface area contributed by atoms with Crippen LogP contribution in [0, 0.1) is 23.7 Å². The number of carbonyl (C=O) groups excluding carboxylic acids is 3. The van der Waals surface area contributed by atoms with E-state index in [0.29, 0.717) is 0 Å². The van der Waals surface area contributed by atoms with Crippen LogP contribution in [0.15, 0.2) is 42.5 Å². The molecule has 0 unspecified atom stereocenters. The maximum Gasteiger partial charge on any atom is 0.252 e. The van der Waals surface area contributed by atoms with Crippen LogP contribution in [0.25, 0.3) is 0 Å². The number of nitrogens with one attached hydrogen (secondary N) is 1. The van der Waals surface area contributed by atoms with Crippen LogP contribution in [0.4, 0.5) is 0 Å². The van der Waals surface area contributed by atoms with E-state index in [9.17, 15) is 14.4 Å². The van der Waals surface area contributed by atoms with Crippen molar-refractivity contribution in [1.29, 1.82) is 0 Å². The van der Waals surface area contributed by atoms with Crippen LogP contribution < -0.4 is 5.43 Å². The fraction of sp³-hybridized carbons (Fsp3) is 0.353. The van der Waals surface area contributed by atoms with Crippen molar-refractivity contribution in [3.63, 3.8) is 0 Å². The van der Waals surface area contributed by atoms with E-state index < -0.39 is 0 Å². The minimum Gasteiger partial charge on any atom is -0.273 e. The van der Waals surface area contributed by atoms with Crippen LogP contribution >= 0.6 is 0 Å². The van der Waals surface area contributed by atoms with E-state index in [1.807, 2.05) is 42.5 Å². The second-order valence-electron chi connectivity index (χ2n) is 6.21. The topological polar surface area (TPSA) is 66.5 Å². The van der Waals surface area contributed by atoms with Crippen LogP contribution in [0.3, 0.4) is 0 Å². The lowest BCUT2D eigenvalue weighted by molar-refractivity contribution is -0.149. The number of nitrogens with zero attached hydrogens (tertiary/aromatic N) is 1. The molecule has 1 saturated carbocycles. The second-order valence-corrected chi connectivity index (χ2v) is 6.21. The smallest absolute Gasteiger partial charge is 0.252 e. The molecular formula is C17H16N2O3. The molecule has 5 nitrogen and oxygen atoms in total. The first-order chi connectivity index (χ1) is 10.6. The Bertz CT molecular complexity index is 652. The molecule has 112 valence electrons. The average Bonchev–Trinajstić information content (AvgIpc) is 3.18. The molecule has 22 heavy (non-hydrogen) atoms. The zero-order chi connectivity index (χ0) is 15.3. The first-order valence-electron chi connectivity index (χ1n) is 7.54. The summed E-state index contributed by atoms with van der Waals surface area (Å²) < 4.78 is 0. The number of fused-ring (bicyclic) bond motifs is 5. The number of carbonyl (C=O) groups is 3. The highest BCUT2D eigenvalue weighted by Gasteiger charge is 2.59. The van der Waals surface area contributed by atoms with Gasteiger partial charge in [-0.05, 0) is 23.8 Å². The van der Waals surface area contributed by atoms with Gasteiger partial charge in [-0.2, -0.15) is 5.01 Å². The number of allylic oxidation sites excluding steroid dienone is 2. The third kappa shape index (κ3) is 1.89. The quantitative estimate of drug-likeness (QED) is 0.670. The number of hydrazine groups is 1. The summed E-state index contributed by atoms with van der Waals surface area (Å²) in [7, 11) is 0. The van der Waals surface area contributed by atoms with Gasteiger partial charge in [-0.15, -0.1) is 0 Å². The summed E-state index contributed by atoms with van der Waals surface area (Å²) in [5.41, 5.74) is 3.34. The Balaban J connectivity index is 1.47. The molecule has 1 N–H and O–H groups in total. The minimum atomic E-state index is -0.340. The van der Waals surface area contributed by atoms with E-state index in [2.05, 4.69) is 5.43 Å². The molecule has 1 aromatic rings. The number of hydrogen-bond donors (Lipinski definition) is 1. The molecule has 0 radical (unpaired) electrons. The second kappa shape index (κ2) is 4.80. The molecule has 4 atom stereocenters. The molecule has 0 spiro atoms. The Labute approximate surface area is 128 Å². The largest absolute Gasteiger partial charge is 0.273 e. The Morgan fingerprint density at radius 1 is 1.05 bits per heavy atom. The molecule has 1 heterocycles. The summed E-state index contributed by atoms with van der Waals surface area (Å²) in [5.74, 6) is -1.10. The molecule has 2 fully saturated rings. The van der Waals surface area contributed by atoms with Gasteiger partial charge in [-0.25, -0.2) is 0 Å². The summed E-state index contributed by atoms with van der Waals surface area (Å²) in [4.78, 5) is 36.9. The lowest BCUT2D eigenvalue weighted by atomic mass is 9.85. The number of hydrogen-bond acceptors (Lipinski definition) is 3. The van der Waals surface area contributed by atoms with Gasteiger partial charge >= 0.3 is 0 Å². The highest BCUT2D eigenvalue weighted by Crippen LogP contribution is 2.52. The number of imide groups is 1. The molecule has 5 heteroatoms. The van der Waals surface area contributed by atoms with Gasteiger partial charge in [-0.3, -0.25) is 19.8 Å². The molecule has 1 aromatic carbocycles. The van der Waals surface area contributed by atoms with Crippen LogP contribution in [0.2, 0.25) is 0 Å². The van der Waals surface area contributed by atoms with E-state index in [1.54, 1.807) is 0 Å². The molecule has 0 aromatic heterocycles. The molecule has 3 aliphatic rings. The van der Waals surface area contributed by atoms with Crippen molar-refractivity contribution in [2.75, 3.05) is 0 Å². The number of benzene rings is 1. The van der Waals surface area contributed by atoms with Gasteiger partial charge < -0.3 is 0 Å². The summed E-state index contributed by atoms with van der Waals surface area (Å²) in [6.07, 6.45) is 5.11. The third-order valence-corrected chi connectivity index (χ3v) is 4.91. The van der Waals surface area contributed by atoms with Gasteiger partial charge in [0.05, 0.1) is 18.3 Å². The Kier molecular flexibility index (Phi) is 2.89. The van der Waals surface area contributed by atoms with Gasteiger partial charge in [0.2, 0.25) is 5.91 Å². The summed E-state index contributed by atoms with van der Waals surface area (Å²) in [6, 6.07) is 9.25. The Morgan fingerprint density at radius 2 is 1.64 bits per heavy atom. The lowest BCUT2D eigenvalue weighted by Crippen LogP contribution is -2.47. The normalized spacial score (nSPS) is 31.7. The van der Waals surface area contributed by atoms with E-state index in [4.69, 9.17) is 0 Å². The SMILES string of the molecule is O=C(Cc1ccccc1)NN1C(=O)[C@@H]2[C@H](C1=O)[C@@H]1C=C[C@H]2C1. The third-order valence-electron chi connectivity index (χ3n) is 4.91. The van der Waals surface area contributed by atoms with Crippen molar-refractivity contribution in [2.24, 2.45) is 23.7 Å². The summed E-state index contributed by atoms with van der Waals surface area (Å²) in [5, 5.41) is 0.951. The zero-order valence-corrected chi connectivity index (χ0v) is 11.9. The van der Waals surface area contributed by atoms with Crippen LogP contribution in [0.5, 0.6) is 0 Å². The van der Waals surface area contributed by atoms with E-state index in [0.717, 1.165) is 17.0 Å². The van der Waals surface area contributed by atoms with Crippen LogP contribution in [0.1, 0.15) is 12.0 Å². The van der Waals surface area contributed by atoms with Gasteiger partial charge in [0.25, 0.3) is 11.8 Å². The number of amides is 3. The van der Waals surface area contributed by atoms with Crippen molar-refractivity contribution in [3.05, 3.63) is 48.0 Å². The van der Waals surface area contributed by atoms with Crippen molar-refractivity contribution in [1.82, 2.24) is 10.4 Å². The van der Waals surface area contributed by atoms with Crippen molar-refractivity contribution in [3.8, 4) is 0 Å². The van der Waals surface area contributed by atoms with Crippen molar-refractivity contribution < 1.29 is 14.4 Å². The van der Waals surface area contributed by atoms with Crippen molar-refractivity contribution in [2.45, 2.75) is 12.8 Å². The Morgan fingerprint density at radius 3 is 2.23 bits per heavy atom. The predicted octanol–water partition coefficient (Wildman–Crippen LogP) is 1.07. The fourth-order valence-electron chi connectivity index (χ4n) is 3.96. The Hall–Kier alpha value is -2.43. The summed E-state index contributed by atoms with van der Waals surface area (Å²) in [6.45, 7) is 0. The average molecular weight is 296 g/mol. The number of rotatable bonds is 3. The minimum absolute atomic E-state index is 0.151. The lowest BCUT2D eigenvalue weighted by Gasteiger charge is -2.17. The maximum atomic E-state index is 12.4. The maximum absolute atomic E-state index is 12.4. The first-order valence-corrected chi connectivity index (χ1v) is 7.54. The highest BCUT2D eigenvalue weighted by molar-refractivity contribution is 6.07. The fourth-order valence-corrected chi connectivity index (χ4v) is 3.96. The zero-order valence-electron chi connectivity index (χ0n) is 11.9. The molecule has 2 bridgehead atoms. The monoisotopic (exact) mass is 296 g/mol. The van der Waals surface area contributed by atoms with Crippen LogP contribution in [-0.4, -0.2) is 22.7 Å². The highest BCUT2D eigenvalue weighted by atomic mass is 16.2. The van der Waals surface area contributed by atoms with E-state index >= 15 is 0 Å². The molecule has 3 amide bonds. The van der Waals surface area contributed by atoms with Gasteiger partial charge in [0.15, 0.2) is 0 Å². The van der Waals surface area contributed by atoms with E-state index in [-0.39, 0.29) is 47.8 Å². The standard InChI is InChI=1S/C17H16N2O3/c20-13(8-10-4-2-1-3-5-10)18-19-16(21)14-11-6-7-12(9-11)15(14)17(19)22/h1-7,11-12,14-15H,8-9H2,(H,18,20)/t11-,12+,14-,15+. The molecule has 1 aliphatic heterocycles. The van der Waals surface area contributed by atoms with Gasteiger partial charge in [0.1, 0.15) is 0 Å². The molecular weight excluding hydrogens is 280 g/mol. The predicted molar refractivity (Wildman–Crippen MR) is 77.9 cm³/mol. The van der Waals surface area contributed by atoms with Crippen LogP contribution in [-0.2, 0) is 20.8 Å². The summed E-state index contributed by atoms with van der Waals surface area (Å²) >= 11 is 0. The first kappa shape index (κ1) is 13.2. The molecule has 4 rings (SSSR count). The van der Waals surface area contributed by atoms with Gasteiger partial charge in [-0.1, -0.05) is 42.5 Å².